The summed E-state index contributed by atoms with van der Waals surface area (Å²) in [6.45, 7) is 8.14. The molecule has 0 aromatic carbocycles. The molecule has 3 amide bonds. The molecule has 8 heteroatoms. The molecule has 0 aliphatic carbocycles. The Bertz CT molecular complexity index is 831. The third-order valence-corrected chi connectivity index (χ3v) is 6.85. The van der Waals surface area contributed by atoms with Gasteiger partial charge in [0.15, 0.2) is 0 Å². The van der Waals surface area contributed by atoms with Crippen molar-refractivity contribution in [2.75, 3.05) is 26.7 Å². The fraction of sp³-hybridized carbons (Fsp3) is 0.682. The predicted molar refractivity (Wildman–Crippen MR) is 109 cm³/mol. The number of amides is 3. The van der Waals surface area contributed by atoms with Crippen molar-refractivity contribution < 1.29 is 24.2 Å². The number of rotatable bonds is 2. The third kappa shape index (κ3) is 2.76. The summed E-state index contributed by atoms with van der Waals surface area (Å²) in [6.07, 6.45) is 6.85. The SMILES string of the molecule is C[C@H](CO)N1C(=O)[C@@H]2[C@@H]3C(=O)N(C)CC=C[C@@H]3O[C@@]23C=CCN(C(C)(C)C)C(=O)C13. The first-order valence-corrected chi connectivity index (χ1v) is 10.6. The van der Waals surface area contributed by atoms with Crippen LogP contribution in [0, 0.1) is 11.8 Å². The quantitative estimate of drug-likeness (QED) is 0.647. The molecule has 164 valence electrons. The van der Waals surface area contributed by atoms with Gasteiger partial charge in [0.05, 0.1) is 30.6 Å². The molecule has 0 aromatic heterocycles. The maximum Gasteiger partial charge on any atom is 0.249 e. The summed E-state index contributed by atoms with van der Waals surface area (Å²) in [5, 5.41) is 9.85. The number of carbonyl (C=O) groups excluding carboxylic acids is 3. The Kier molecular flexibility index (Phi) is 4.86. The van der Waals surface area contributed by atoms with E-state index in [0.717, 1.165) is 0 Å². The molecule has 2 fully saturated rings. The summed E-state index contributed by atoms with van der Waals surface area (Å²) in [4.78, 5) is 45.5. The largest absolute Gasteiger partial charge is 0.394 e. The summed E-state index contributed by atoms with van der Waals surface area (Å²) >= 11 is 0. The van der Waals surface area contributed by atoms with Gasteiger partial charge in [0.25, 0.3) is 0 Å². The van der Waals surface area contributed by atoms with Crippen LogP contribution in [0.25, 0.3) is 0 Å². The fourth-order valence-electron chi connectivity index (χ4n) is 5.37. The lowest BCUT2D eigenvalue weighted by Gasteiger charge is -2.41. The average molecular weight is 418 g/mol. The first-order chi connectivity index (χ1) is 14.0. The van der Waals surface area contributed by atoms with Crippen LogP contribution >= 0.6 is 0 Å². The van der Waals surface area contributed by atoms with Gasteiger partial charge in [0.1, 0.15) is 11.6 Å². The lowest BCUT2D eigenvalue weighted by molar-refractivity contribution is -0.153. The van der Waals surface area contributed by atoms with Crippen molar-refractivity contribution in [1.29, 1.82) is 0 Å². The van der Waals surface area contributed by atoms with Crippen LogP contribution in [0.15, 0.2) is 24.3 Å². The highest BCUT2D eigenvalue weighted by Crippen LogP contribution is 2.54. The van der Waals surface area contributed by atoms with E-state index in [-0.39, 0.29) is 24.3 Å². The maximum atomic E-state index is 13.8. The summed E-state index contributed by atoms with van der Waals surface area (Å²) in [5.74, 6) is -2.18. The number of hydrogen-bond acceptors (Lipinski definition) is 5. The van der Waals surface area contributed by atoms with Gasteiger partial charge in [-0.25, -0.2) is 0 Å². The molecule has 0 aromatic rings. The Balaban J connectivity index is 1.88. The van der Waals surface area contributed by atoms with E-state index in [9.17, 15) is 19.5 Å². The number of aliphatic hydroxyl groups is 1. The van der Waals surface area contributed by atoms with E-state index in [4.69, 9.17) is 4.74 Å². The highest BCUT2D eigenvalue weighted by Gasteiger charge is 2.72. The van der Waals surface area contributed by atoms with Gasteiger partial charge in [-0.15, -0.1) is 0 Å². The van der Waals surface area contributed by atoms with Gasteiger partial charge in [0, 0.05) is 25.7 Å². The Morgan fingerprint density at radius 3 is 2.50 bits per heavy atom. The van der Waals surface area contributed by atoms with Crippen LogP contribution in [0.1, 0.15) is 27.7 Å². The average Bonchev–Trinajstić information content (AvgIpc) is 3.00. The normalized spacial score (nSPS) is 37.1. The Hall–Kier alpha value is -2.19. The molecule has 30 heavy (non-hydrogen) atoms. The van der Waals surface area contributed by atoms with Crippen molar-refractivity contribution in [3.05, 3.63) is 24.3 Å². The van der Waals surface area contributed by atoms with E-state index < -0.39 is 41.2 Å². The standard InChI is InChI=1S/C22H31N3O5/c1-13(12-26)25-17-20(29)24(21(2,3)4)11-7-9-22(17)16(19(25)28)15-14(30-22)8-6-10-23(5)18(15)27/h6-9,13-17,26H,10-12H2,1-5H3/t13-,14+,15-,16+,17?,22+/m1/s1. The van der Waals surface area contributed by atoms with Crippen molar-refractivity contribution in [3.63, 3.8) is 0 Å². The number of aliphatic hydroxyl groups excluding tert-OH is 1. The van der Waals surface area contributed by atoms with Crippen LogP contribution in [0.2, 0.25) is 0 Å². The molecule has 2 saturated heterocycles. The fourth-order valence-corrected chi connectivity index (χ4v) is 5.37. The van der Waals surface area contributed by atoms with Crippen molar-refractivity contribution in [3.8, 4) is 0 Å². The van der Waals surface area contributed by atoms with Crippen LogP contribution in [0.3, 0.4) is 0 Å². The molecule has 6 atom stereocenters. The van der Waals surface area contributed by atoms with Crippen molar-refractivity contribution in [1.82, 2.24) is 14.7 Å². The van der Waals surface area contributed by atoms with Crippen LogP contribution < -0.4 is 0 Å². The smallest absolute Gasteiger partial charge is 0.249 e. The van der Waals surface area contributed by atoms with Gasteiger partial charge in [-0.1, -0.05) is 24.3 Å². The molecular formula is C22H31N3O5. The highest BCUT2D eigenvalue weighted by molar-refractivity contribution is 6.00. The number of carbonyl (C=O) groups is 3. The lowest BCUT2D eigenvalue weighted by Crippen LogP contribution is -2.60. The Morgan fingerprint density at radius 1 is 1.17 bits per heavy atom. The van der Waals surface area contributed by atoms with Gasteiger partial charge >= 0.3 is 0 Å². The summed E-state index contributed by atoms with van der Waals surface area (Å²) in [5.41, 5.74) is -1.69. The van der Waals surface area contributed by atoms with Crippen molar-refractivity contribution >= 4 is 17.7 Å². The van der Waals surface area contributed by atoms with Crippen LogP contribution in [-0.4, -0.2) is 93.6 Å². The van der Waals surface area contributed by atoms with Crippen molar-refractivity contribution in [2.24, 2.45) is 11.8 Å². The first kappa shape index (κ1) is 21.1. The first-order valence-electron chi connectivity index (χ1n) is 10.6. The summed E-state index contributed by atoms with van der Waals surface area (Å²) in [6, 6.07) is -1.49. The van der Waals surface area contributed by atoms with Gasteiger partial charge in [-0.2, -0.15) is 0 Å². The second kappa shape index (κ2) is 6.92. The molecule has 4 heterocycles. The third-order valence-electron chi connectivity index (χ3n) is 6.85. The highest BCUT2D eigenvalue weighted by atomic mass is 16.5. The number of likely N-dealkylation sites (tertiary alicyclic amines) is 1. The summed E-state index contributed by atoms with van der Waals surface area (Å²) in [7, 11) is 1.71. The second-order valence-electron chi connectivity index (χ2n) is 9.79. The van der Waals surface area contributed by atoms with E-state index in [1.807, 2.05) is 45.1 Å². The number of nitrogens with zero attached hydrogens (tertiary/aromatic N) is 3. The number of hydrogen-bond donors (Lipinski definition) is 1. The van der Waals surface area contributed by atoms with Gasteiger partial charge in [-0.05, 0) is 27.7 Å². The van der Waals surface area contributed by atoms with E-state index >= 15 is 0 Å². The molecule has 0 radical (unpaired) electrons. The second-order valence-corrected chi connectivity index (χ2v) is 9.79. The summed E-state index contributed by atoms with van der Waals surface area (Å²) < 4.78 is 6.47. The Morgan fingerprint density at radius 2 is 1.87 bits per heavy atom. The maximum absolute atomic E-state index is 13.8. The van der Waals surface area contributed by atoms with Crippen molar-refractivity contribution in [2.45, 2.75) is 57.0 Å². The predicted octanol–water partition coefficient (Wildman–Crippen LogP) is 0.173. The van der Waals surface area contributed by atoms with E-state index in [1.165, 1.54) is 4.90 Å². The molecule has 1 unspecified atom stereocenters. The van der Waals surface area contributed by atoms with E-state index in [1.54, 1.807) is 23.8 Å². The molecule has 4 aliphatic rings. The molecule has 1 spiro atoms. The molecule has 4 rings (SSSR count). The zero-order valence-electron chi connectivity index (χ0n) is 18.2. The molecule has 8 nitrogen and oxygen atoms in total. The van der Waals surface area contributed by atoms with Crippen LogP contribution in [0.5, 0.6) is 0 Å². The molecule has 4 aliphatic heterocycles. The minimum Gasteiger partial charge on any atom is -0.394 e. The number of likely N-dealkylation sites (N-methyl/N-ethyl adjacent to an activating group) is 1. The van der Waals surface area contributed by atoms with Gasteiger partial charge in [0.2, 0.25) is 17.7 Å². The Labute approximate surface area is 177 Å². The molecule has 0 bridgehead atoms. The van der Waals surface area contributed by atoms with Gasteiger partial charge in [-0.3, -0.25) is 14.4 Å². The zero-order valence-corrected chi connectivity index (χ0v) is 18.2. The minimum atomic E-state index is -1.23. The molecule has 0 saturated carbocycles. The number of ether oxygens (including phenoxy) is 1. The van der Waals surface area contributed by atoms with E-state index in [2.05, 4.69) is 0 Å². The molecule has 1 N–H and O–H groups in total. The monoisotopic (exact) mass is 417 g/mol. The topological polar surface area (TPSA) is 90.4 Å². The van der Waals surface area contributed by atoms with Gasteiger partial charge < -0.3 is 24.5 Å². The molecular weight excluding hydrogens is 386 g/mol. The minimum absolute atomic E-state index is 0.157. The lowest BCUT2D eigenvalue weighted by atomic mass is 9.77. The zero-order chi connectivity index (χ0) is 22.0. The van der Waals surface area contributed by atoms with Crippen LogP contribution in [0.4, 0.5) is 0 Å². The van der Waals surface area contributed by atoms with Crippen LogP contribution in [-0.2, 0) is 19.1 Å². The number of fused-ring (bicyclic) bond motifs is 2. The van der Waals surface area contributed by atoms with E-state index in [0.29, 0.717) is 13.1 Å².